The first kappa shape index (κ1) is 5.99. The average Bonchev–Trinajstić information content (AvgIpc) is 1.35. The van der Waals surface area contributed by atoms with Crippen molar-refractivity contribution in [2.45, 2.75) is 6.92 Å². The summed E-state index contributed by atoms with van der Waals surface area (Å²) in [4.78, 5) is 3.76. The number of rotatable bonds is 1. The maximum absolute atomic E-state index is 5.10. The van der Waals surface area contributed by atoms with Gasteiger partial charge >= 0.3 is 44.9 Å². The summed E-state index contributed by atoms with van der Waals surface area (Å²) in [6, 6.07) is 0. The molecule has 0 fully saturated rings. The van der Waals surface area contributed by atoms with Crippen LogP contribution in [-0.4, -0.2) is 27.3 Å². The number of hydrogen-bond donors (Lipinski definition) is 1. The van der Waals surface area contributed by atoms with E-state index in [2.05, 4.69) is 21.0 Å². The van der Waals surface area contributed by atoms with Gasteiger partial charge in [0.2, 0.25) is 0 Å². The van der Waals surface area contributed by atoms with E-state index in [1.165, 1.54) is 0 Å². The molecule has 0 amide bonds. The summed E-state index contributed by atoms with van der Waals surface area (Å²) in [6.07, 6.45) is 0. The van der Waals surface area contributed by atoms with E-state index in [0.717, 1.165) is 6.54 Å². The van der Waals surface area contributed by atoms with E-state index in [-0.39, 0.29) is 0 Å². The number of amidine groups is 1. The molecule has 3 heteroatoms. The molecule has 0 aliphatic carbocycles. The van der Waals surface area contributed by atoms with Crippen molar-refractivity contribution in [1.82, 2.24) is 0 Å². The van der Waals surface area contributed by atoms with E-state index in [0.29, 0.717) is 4.73 Å². The molecule has 0 bridgehead atoms. The zero-order valence-electron chi connectivity index (χ0n) is 3.64. The van der Waals surface area contributed by atoms with Gasteiger partial charge in [0.1, 0.15) is 0 Å². The zero-order valence-corrected chi connectivity index (χ0v) is 5.35. The fraction of sp³-hybridized carbons (Fsp3) is 0.667. The van der Waals surface area contributed by atoms with E-state index in [9.17, 15) is 0 Å². The van der Waals surface area contributed by atoms with Crippen molar-refractivity contribution in [2.75, 3.05) is 6.54 Å². The molecule has 0 unspecified atom stereocenters. The molecule has 0 aromatic carbocycles. The third-order valence-corrected chi connectivity index (χ3v) is 0.585. The van der Waals surface area contributed by atoms with Gasteiger partial charge in [0.25, 0.3) is 0 Å². The molecule has 0 saturated carbocycles. The predicted octanol–water partition coefficient (Wildman–Crippen LogP) is -0.510. The molecule has 0 saturated heterocycles. The molecule has 0 spiro atoms. The molecule has 6 heavy (non-hydrogen) atoms. The standard InChI is InChI=1S/C3H7N2Se/c1-2-5-3(4)6/h2H2,1H3,(H2,4,5). The molecule has 2 N–H and O–H groups in total. The number of aliphatic imine (C=N–C) groups is 1. The summed E-state index contributed by atoms with van der Waals surface area (Å²) in [5, 5.41) is 0. The van der Waals surface area contributed by atoms with Crippen molar-refractivity contribution >= 4 is 20.7 Å². The van der Waals surface area contributed by atoms with E-state index >= 15 is 0 Å². The maximum atomic E-state index is 5.10. The third-order valence-electron chi connectivity index (χ3n) is 0.314. The van der Waals surface area contributed by atoms with E-state index in [4.69, 9.17) is 5.73 Å². The Morgan fingerprint density at radius 1 is 2.00 bits per heavy atom. The summed E-state index contributed by atoms with van der Waals surface area (Å²) in [5.41, 5.74) is 5.10. The van der Waals surface area contributed by atoms with Crippen LogP contribution in [0.5, 0.6) is 0 Å². The van der Waals surface area contributed by atoms with Crippen LogP contribution in [0, 0.1) is 0 Å². The van der Waals surface area contributed by atoms with Crippen LogP contribution in [0.3, 0.4) is 0 Å². The van der Waals surface area contributed by atoms with Gasteiger partial charge in [-0.15, -0.1) is 0 Å². The second-order valence-electron chi connectivity index (χ2n) is 0.813. The van der Waals surface area contributed by atoms with E-state index in [1.54, 1.807) is 0 Å². The molecule has 1 radical (unpaired) electrons. The molecule has 0 aromatic heterocycles. The first-order valence-corrected chi connectivity index (χ1v) is 2.60. The summed E-state index contributed by atoms with van der Waals surface area (Å²) >= 11 is 2.57. The number of hydrogen-bond acceptors (Lipinski definition) is 1. The summed E-state index contributed by atoms with van der Waals surface area (Å²) in [6.45, 7) is 2.70. The molecule has 0 aliphatic heterocycles. The molecule has 2 nitrogen and oxygen atoms in total. The number of nitrogens with zero attached hydrogens (tertiary/aromatic N) is 1. The predicted molar refractivity (Wildman–Crippen MR) is 27.9 cm³/mol. The third kappa shape index (κ3) is 3.99. The summed E-state index contributed by atoms with van der Waals surface area (Å²) in [5.74, 6) is 0. The van der Waals surface area contributed by atoms with Crippen molar-refractivity contribution in [3.63, 3.8) is 0 Å². The zero-order chi connectivity index (χ0) is 4.99. The number of nitrogens with two attached hydrogens (primary N) is 1. The molecular formula is C3H7N2Se. The topological polar surface area (TPSA) is 38.4 Å². The Labute approximate surface area is 45.6 Å². The van der Waals surface area contributed by atoms with Crippen LogP contribution in [0.25, 0.3) is 0 Å². The SMILES string of the molecule is CCN=C(N)[Se]. The van der Waals surface area contributed by atoms with Crippen molar-refractivity contribution in [1.29, 1.82) is 0 Å². The summed E-state index contributed by atoms with van der Waals surface area (Å²) in [7, 11) is 0. The van der Waals surface area contributed by atoms with Gasteiger partial charge in [-0.2, -0.15) is 0 Å². The monoisotopic (exact) mass is 151 g/mol. The van der Waals surface area contributed by atoms with E-state index < -0.39 is 0 Å². The van der Waals surface area contributed by atoms with Crippen LogP contribution in [0.2, 0.25) is 0 Å². The Morgan fingerprint density at radius 2 is 2.50 bits per heavy atom. The van der Waals surface area contributed by atoms with Gasteiger partial charge in [0.15, 0.2) is 0 Å². The van der Waals surface area contributed by atoms with Crippen LogP contribution < -0.4 is 5.73 Å². The van der Waals surface area contributed by atoms with Crippen molar-refractivity contribution < 1.29 is 0 Å². The van der Waals surface area contributed by atoms with Gasteiger partial charge in [-0.1, -0.05) is 0 Å². The Hall–Kier alpha value is -0.0105. The first-order valence-electron chi connectivity index (χ1n) is 1.74. The Morgan fingerprint density at radius 3 is 2.50 bits per heavy atom. The second-order valence-corrected chi connectivity index (χ2v) is 1.69. The molecule has 35 valence electrons. The van der Waals surface area contributed by atoms with Gasteiger partial charge in [0, 0.05) is 0 Å². The Balaban J connectivity index is 3.14. The van der Waals surface area contributed by atoms with Crippen LogP contribution in [0.1, 0.15) is 6.92 Å². The molecule has 0 aromatic rings. The van der Waals surface area contributed by atoms with Crippen LogP contribution in [0.4, 0.5) is 0 Å². The normalized spacial score (nSPS) is 11.8. The van der Waals surface area contributed by atoms with Gasteiger partial charge in [-0.3, -0.25) is 0 Å². The van der Waals surface area contributed by atoms with Gasteiger partial charge in [-0.25, -0.2) is 0 Å². The van der Waals surface area contributed by atoms with Crippen LogP contribution in [-0.2, 0) is 0 Å². The average molecular weight is 150 g/mol. The minimum absolute atomic E-state index is 0.539. The summed E-state index contributed by atoms with van der Waals surface area (Å²) < 4.78 is 0.539. The first-order chi connectivity index (χ1) is 2.77. The Kier molecular flexibility index (Phi) is 3.18. The minimum atomic E-state index is 0.539. The fourth-order valence-corrected chi connectivity index (χ4v) is 0.427. The van der Waals surface area contributed by atoms with Crippen molar-refractivity contribution in [3.8, 4) is 0 Å². The van der Waals surface area contributed by atoms with Gasteiger partial charge < -0.3 is 0 Å². The Bertz CT molecular complexity index is 55.8. The van der Waals surface area contributed by atoms with Crippen molar-refractivity contribution in [3.05, 3.63) is 0 Å². The quantitative estimate of drug-likeness (QED) is 0.305. The molecule has 0 atom stereocenters. The molecule has 0 aliphatic rings. The molecule has 0 heterocycles. The fourth-order valence-electron chi connectivity index (χ4n) is 0.156. The van der Waals surface area contributed by atoms with Crippen molar-refractivity contribution in [2.24, 2.45) is 10.7 Å². The van der Waals surface area contributed by atoms with E-state index in [1.807, 2.05) is 6.92 Å². The van der Waals surface area contributed by atoms with Gasteiger partial charge in [0.05, 0.1) is 0 Å². The second kappa shape index (κ2) is 3.19. The molecular weight excluding hydrogens is 143 g/mol. The van der Waals surface area contributed by atoms with Crippen LogP contribution >= 0.6 is 0 Å². The van der Waals surface area contributed by atoms with Gasteiger partial charge in [-0.05, 0) is 0 Å². The van der Waals surface area contributed by atoms with Crippen LogP contribution in [0.15, 0.2) is 4.99 Å². The molecule has 0 rings (SSSR count).